The van der Waals surface area contributed by atoms with Gasteiger partial charge in [0.2, 0.25) is 0 Å². The Hall–Kier alpha value is -2.73. The van der Waals surface area contributed by atoms with Crippen LogP contribution < -0.4 is 11.1 Å². The molecule has 6 heteroatoms. The van der Waals surface area contributed by atoms with E-state index in [1.165, 1.54) is 10.6 Å². The zero-order valence-electron chi connectivity index (χ0n) is 13.7. The van der Waals surface area contributed by atoms with Crippen molar-refractivity contribution in [1.29, 1.82) is 0 Å². The number of hydrogen-bond acceptors (Lipinski definition) is 3. The summed E-state index contributed by atoms with van der Waals surface area (Å²) in [5, 5.41) is 1.41. The lowest BCUT2D eigenvalue weighted by Crippen LogP contribution is -2.22. The van der Waals surface area contributed by atoms with Crippen LogP contribution in [0, 0.1) is 0 Å². The monoisotopic (exact) mass is 395 g/mol. The van der Waals surface area contributed by atoms with E-state index in [0.29, 0.717) is 22.3 Å². The molecule has 0 fully saturated rings. The number of nitrogens with zero attached hydrogens (tertiary/aromatic N) is 3. The van der Waals surface area contributed by atoms with Crippen molar-refractivity contribution in [2.75, 3.05) is 0 Å². The molecular formula is C19H14BrN3O2. The van der Waals surface area contributed by atoms with E-state index in [0.717, 1.165) is 15.4 Å². The summed E-state index contributed by atoms with van der Waals surface area (Å²) < 4.78 is 3.98. The lowest BCUT2D eigenvalue weighted by Gasteiger charge is -2.13. The third-order valence-electron chi connectivity index (χ3n) is 4.43. The summed E-state index contributed by atoms with van der Waals surface area (Å²) in [6.45, 7) is 0. The van der Waals surface area contributed by atoms with Crippen molar-refractivity contribution in [3.05, 3.63) is 73.7 Å². The first-order valence-electron chi connectivity index (χ1n) is 7.73. The van der Waals surface area contributed by atoms with Crippen molar-refractivity contribution in [3.63, 3.8) is 0 Å². The number of benzene rings is 2. The largest absolute Gasteiger partial charge is 0.311 e. The summed E-state index contributed by atoms with van der Waals surface area (Å²) in [6, 6.07) is 14.5. The quantitative estimate of drug-likeness (QED) is 0.497. The van der Waals surface area contributed by atoms with Gasteiger partial charge >= 0.3 is 0 Å². The van der Waals surface area contributed by atoms with Gasteiger partial charge in [-0.3, -0.25) is 14.2 Å². The number of hydrogen-bond donors (Lipinski definition) is 0. The van der Waals surface area contributed by atoms with E-state index in [1.807, 2.05) is 30.3 Å². The van der Waals surface area contributed by atoms with Crippen molar-refractivity contribution in [2.45, 2.75) is 0 Å². The maximum Gasteiger partial charge on any atom is 0.261 e. The van der Waals surface area contributed by atoms with Crippen LogP contribution in [0.2, 0.25) is 0 Å². The van der Waals surface area contributed by atoms with Gasteiger partial charge in [0.05, 0.1) is 16.4 Å². The average Bonchev–Trinajstić information content (AvgIpc) is 2.61. The summed E-state index contributed by atoms with van der Waals surface area (Å²) in [5.41, 5.74) is 1.76. The maximum absolute atomic E-state index is 12.7. The lowest BCUT2D eigenvalue weighted by atomic mass is 10.1. The van der Waals surface area contributed by atoms with Gasteiger partial charge in [-0.15, -0.1) is 0 Å². The number of pyridine rings is 1. The Balaban J connectivity index is 2.19. The molecule has 2 heterocycles. The molecule has 5 nitrogen and oxygen atoms in total. The van der Waals surface area contributed by atoms with Crippen molar-refractivity contribution in [3.8, 4) is 11.4 Å². The molecule has 0 atom stereocenters. The molecule has 0 N–H and O–H groups in total. The Bertz CT molecular complexity index is 1270. The molecule has 0 radical (unpaired) electrons. The number of aromatic nitrogens is 3. The van der Waals surface area contributed by atoms with Crippen molar-refractivity contribution >= 4 is 37.7 Å². The van der Waals surface area contributed by atoms with Crippen molar-refractivity contribution in [2.24, 2.45) is 14.1 Å². The Morgan fingerprint density at radius 2 is 1.68 bits per heavy atom. The molecule has 0 amide bonds. The standard InChI is InChI=1S/C19H14BrN3O2/c1-22-16-8-7-11(20)9-13(16)14(10-17(22)24)18-21-15-6-4-3-5-12(15)19(25)23(18)2/h3-10H,1-2H3. The Morgan fingerprint density at radius 3 is 2.48 bits per heavy atom. The molecule has 124 valence electrons. The van der Waals surface area contributed by atoms with E-state index in [9.17, 15) is 9.59 Å². The van der Waals surface area contributed by atoms with E-state index >= 15 is 0 Å². The fourth-order valence-electron chi connectivity index (χ4n) is 3.08. The Morgan fingerprint density at radius 1 is 0.920 bits per heavy atom. The molecule has 0 spiro atoms. The highest BCUT2D eigenvalue weighted by Crippen LogP contribution is 2.28. The molecule has 0 saturated heterocycles. The predicted molar refractivity (Wildman–Crippen MR) is 103 cm³/mol. The molecule has 4 aromatic rings. The topological polar surface area (TPSA) is 56.9 Å². The third kappa shape index (κ3) is 2.41. The fraction of sp³-hybridized carbons (Fsp3) is 0.105. The minimum absolute atomic E-state index is 0.135. The molecule has 2 aromatic carbocycles. The number of aryl methyl sites for hydroxylation is 1. The van der Waals surface area contributed by atoms with E-state index in [2.05, 4.69) is 20.9 Å². The first kappa shape index (κ1) is 15.8. The lowest BCUT2D eigenvalue weighted by molar-refractivity contribution is 0.853. The Kier molecular flexibility index (Phi) is 3.58. The van der Waals surface area contributed by atoms with Gasteiger partial charge in [0, 0.05) is 35.6 Å². The molecular weight excluding hydrogens is 382 g/mol. The van der Waals surface area contributed by atoms with Crippen LogP contribution >= 0.6 is 15.9 Å². The van der Waals surface area contributed by atoms with Crippen LogP contribution in [-0.2, 0) is 14.1 Å². The van der Waals surface area contributed by atoms with Gasteiger partial charge < -0.3 is 4.57 Å². The zero-order chi connectivity index (χ0) is 17.7. The van der Waals surface area contributed by atoms with Gasteiger partial charge in [0.1, 0.15) is 5.82 Å². The molecule has 0 unspecified atom stereocenters. The molecule has 0 aliphatic carbocycles. The average molecular weight is 396 g/mol. The van der Waals surface area contributed by atoms with Crippen LogP contribution in [0.3, 0.4) is 0 Å². The number of rotatable bonds is 1. The van der Waals surface area contributed by atoms with Crippen LogP contribution in [0.25, 0.3) is 33.2 Å². The van der Waals surface area contributed by atoms with Crippen LogP contribution in [0.5, 0.6) is 0 Å². The minimum atomic E-state index is -0.146. The summed E-state index contributed by atoms with van der Waals surface area (Å²) in [7, 11) is 3.41. The summed E-state index contributed by atoms with van der Waals surface area (Å²) >= 11 is 3.48. The summed E-state index contributed by atoms with van der Waals surface area (Å²) in [6.07, 6.45) is 0. The van der Waals surface area contributed by atoms with Crippen LogP contribution in [0.4, 0.5) is 0 Å². The molecule has 0 saturated carbocycles. The van der Waals surface area contributed by atoms with E-state index in [1.54, 1.807) is 30.8 Å². The first-order chi connectivity index (χ1) is 12.0. The van der Waals surface area contributed by atoms with Crippen molar-refractivity contribution < 1.29 is 0 Å². The van der Waals surface area contributed by atoms with Gasteiger partial charge in [-0.1, -0.05) is 28.1 Å². The summed E-state index contributed by atoms with van der Waals surface area (Å²) in [4.78, 5) is 29.8. The normalized spacial score (nSPS) is 11.3. The van der Waals surface area contributed by atoms with Gasteiger partial charge in [-0.25, -0.2) is 4.98 Å². The van der Waals surface area contributed by atoms with E-state index in [4.69, 9.17) is 0 Å². The highest BCUT2D eigenvalue weighted by molar-refractivity contribution is 9.10. The SMILES string of the molecule is Cn1c(-c2cc(=O)n(C)c3ccc(Br)cc23)nc2ccccc2c1=O. The number of halogens is 1. The van der Waals surface area contributed by atoms with Gasteiger partial charge in [0.25, 0.3) is 11.1 Å². The second-order valence-electron chi connectivity index (χ2n) is 5.93. The predicted octanol–water partition coefficient (Wildman–Crippen LogP) is 3.21. The molecule has 0 aliphatic heterocycles. The van der Waals surface area contributed by atoms with Gasteiger partial charge in [-0.2, -0.15) is 0 Å². The second-order valence-corrected chi connectivity index (χ2v) is 6.85. The smallest absolute Gasteiger partial charge is 0.261 e. The van der Waals surface area contributed by atoms with Crippen LogP contribution in [0.15, 0.2) is 62.6 Å². The second kappa shape index (κ2) is 5.67. The zero-order valence-corrected chi connectivity index (χ0v) is 15.2. The maximum atomic E-state index is 12.7. The van der Waals surface area contributed by atoms with E-state index in [-0.39, 0.29) is 11.1 Å². The highest BCUT2D eigenvalue weighted by atomic mass is 79.9. The fourth-order valence-corrected chi connectivity index (χ4v) is 3.44. The van der Waals surface area contributed by atoms with E-state index < -0.39 is 0 Å². The molecule has 0 aliphatic rings. The van der Waals surface area contributed by atoms with Crippen LogP contribution in [0.1, 0.15) is 0 Å². The number of fused-ring (bicyclic) bond motifs is 2. The minimum Gasteiger partial charge on any atom is -0.311 e. The van der Waals surface area contributed by atoms with Gasteiger partial charge in [0.15, 0.2) is 0 Å². The van der Waals surface area contributed by atoms with Gasteiger partial charge in [-0.05, 0) is 30.3 Å². The van der Waals surface area contributed by atoms with Crippen molar-refractivity contribution in [1.82, 2.24) is 14.1 Å². The highest BCUT2D eigenvalue weighted by Gasteiger charge is 2.15. The number of para-hydroxylation sites is 1. The molecule has 25 heavy (non-hydrogen) atoms. The Labute approximate surface area is 151 Å². The molecule has 0 bridgehead atoms. The molecule has 2 aromatic heterocycles. The first-order valence-corrected chi connectivity index (χ1v) is 8.52. The third-order valence-corrected chi connectivity index (χ3v) is 4.93. The van der Waals surface area contributed by atoms with Crippen LogP contribution in [-0.4, -0.2) is 14.1 Å². The molecule has 4 rings (SSSR count). The summed E-state index contributed by atoms with van der Waals surface area (Å²) in [5.74, 6) is 0.476.